The Hall–Kier alpha value is -2.89. The Morgan fingerprint density at radius 2 is 1.79 bits per heavy atom. The summed E-state index contributed by atoms with van der Waals surface area (Å²) in [5.41, 5.74) is 2.35. The van der Waals surface area contributed by atoms with Crippen LogP contribution in [0.4, 0.5) is 21.5 Å². The van der Waals surface area contributed by atoms with Crippen LogP contribution >= 0.6 is 0 Å². The van der Waals surface area contributed by atoms with Crippen molar-refractivity contribution in [2.75, 3.05) is 34.8 Å². The summed E-state index contributed by atoms with van der Waals surface area (Å²) in [6.45, 7) is 3.75. The Morgan fingerprint density at radius 3 is 2.43 bits per heavy atom. The second kappa shape index (κ2) is 9.35. The van der Waals surface area contributed by atoms with Gasteiger partial charge in [0.2, 0.25) is 11.8 Å². The van der Waals surface area contributed by atoms with Crippen LogP contribution < -0.4 is 15.1 Å². The van der Waals surface area contributed by atoms with Crippen molar-refractivity contribution in [3.8, 4) is 0 Å². The molecule has 0 spiro atoms. The number of hydrogen-bond donors (Lipinski definition) is 1. The van der Waals surface area contributed by atoms with Crippen LogP contribution in [0.15, 0.2) is 48.5 Å². The number of amides is 2. The zero-order valence-corrected chi connectivity index (χ0v) is 16.2. The first-order chi connectivity index (χ1) is 13.5. The summed E-state index contributed by atoms with van der Waals surface area (Å²) >= 11 is 0. The van der Waals surface area contributed by atoms with E-state index in [4.69, 9.17) is 0 Å². The van der Waals surface area contributed by atoms with Gasteiger partial charge in [-0.1, -0.05) is 6.07 Å². The summed E-state index contributed by atoms with van der Waals surface area (Å²) in [5.74, 6) is -0.834. The van der Waals surface area contributed by atoms with Crippen molar-refractivity contribution in [3.63, 3.8) is 0 Å². The zero-order chi connectivity index (χ0) is 19.9. The molecule has 2 aromatic carbocycles. The van der Waals surface area contributed by atoms with Crippen LogP contribution in [0.5, 0.6) is 0 Å². The van der Waals surface area contributed by atoms with Gasteiger partial charge >= 0.3 is 0 Å². The Balaban J connectivity index is 1.55. The van der Waals surface area contributed by atoms with Crippen LogP contribution in [0.1, 0.15) is 32.6 Å². The van der Waals surface area contributed by atoms with E-state index in [9.17, 15) is 14.0 Å². The third kappa shape index (κ3) is 5.31. The molecule has 5 nitrogen and oxygen atoms in total. The van der Waals surface area contributed by atoms with E-state index in [0.717, 1.165) is 18.8 Å². The van der Waals surface area contributed by atoms with Crippen molar-refractivity contribution in [3.05, 3.63) is 54.3 Å². The lowest BCUT2D eigenvalue weighted by Gasteiger charge is -2.28. The predicted molar refractivity (Wildman–Crippen MR) is 110 cm³/mol. The topological polar surface area (TPSA) is 52.7 Å². The number of carbonyl (C=O) groups excluding carboxylic acids is 2. The maximum Gasteiger partial charge on any atom is 0.226 e. The van der Waals surface area contributed by atoms with Gasteiger partial charge in [0.1, 0.15) is 5.82 Å². The van der Waals surface area contributed by atoms with Crippen molar-refractivity contribution >= 4 is 28.9 Å². The van der Waals surface area contributed by atoms with E-state index in [1.165, 1.54) is 48.9 Å². The van der Waals surface area contributed by atoms with E-state index in [1.54, 1.807) is 12.1 Å². The fourth-order valence-corrected chi connectivity index (χ4v) is 3.46. The van der Waals surface area contributed by atoms with Gasteiger partial charge in [0.25, 0.3) is 0 Å². The van der Waals surface area contributed by atoms with Gasteiger partial charge in [-0.25, -0.2) is 4.39 Å². The second-order valence-electron chi connectivity index (χ2n) is 7.04. The highest BCUT2D eigenvalue weighted by Crippen LogP contribution is 2.22. The third-order valence-electron chi connectivity index (χ3n) is 4.93. The first kappa shape index (κ1) is 19.9. The molecule has 1 fully saturated rings. The molecular weight excluding hydrogens is 357 g/mol. The van der Waals surface area contributed by atoms with Gasteiger partial charge in [0.15, 0.2) is 0 Å². The number of halogens is 1. The number of anilines is 3. The van der Waals surface area contributed by atoms with Crippen molar-refractivity contribution in [2.45, 2.75) is 32.6 Å². The van der Waals surface area contributed by atoms with Crippen LogP contribution in [0.2, 0.25) is 0 Å². The van der Waals surface area contributed by atoms with Gasteiger partial charge in [-0.3, -0.25) is 9.59 Å². The fourth-order valence-electron chi connectivity index (χ4n) is 3.46. The Kier molecular flexibility index (Phi) is 6.63. The molecule has 1 heterocycles. The lowest BCUT2D eigenvalue weighted by atomic mass is 10.1. The molecule has 0 radical (unpaired) electrons. The molecule has 0 unspecified atom stereocenters. The van der Waals surface area contributed by atoms with E-state index >= 15 is 0 Å². The third-order valence-corrected chi connectivity index (χ3v) is 4.93. The van der Waals surface area contributed by atoms with Gasteiger partial charge in [-0.05, 0) is 61.7 Å². The molecule has 3 rings (SSSR count). The van der Waals surface area contributed by atoms with Crippen molar-refractivity contribution in [1.82, 2.24) is 0 Å². The molecule has 0 aromatic heterocycles. The number of piperidine rings is 1. The van der Waals surface area contributed by atoms with Gasteiger partial charge < -0.3 is 15.1 Å². The Morgan fingerprint density at radius 1 is 1.07 bits per heavy atom. The maximum atomic E-state index is 13.4. The van der Waals surface area contributed by atoms with E-state index in [0.29, 0.717) is 5.69 Å². The minimum atomic E-state index is -0.415. The van der Waals surface area contributed by atoms with E-state index < -0.39 is 5.82 Å². The van der Waals surface area contributed by atoms with Crippen LogP contribution in [0.25, 0.3) is 0 Å². The lowest BCUT2D eigenvalue weighted by molar-refractivity contribution is -0.117. The molecule has 1 aliphatic rings. The highest BCUT2D eigenvalue weighted by Gasteiger charge is 2.15. The molecule has 148 valence electrons. The molecule has 0 bridgehead atoms. The first-order valence-corrected chi connectivity index (χ1v) is 9.71. The normalized spacial score (nSPS) is 13.9. The SMILES string of the molecule is CC(=O)N(CCC(=O)Nc1ccc(N2CCCCC2)cc1)c1cccc(F)c1. The largest absolute Gasteiger partial charge is 0.372 e. The molecule has 6 heteroatoms. The molecule has 0 aliphatic carbocycles. The highest BCUT2D eigenvalue weighted by atomic mass is 19.1. The number of benzene rings is 2. The molecule has 0 atom stereocenters. The molecule has 2 aromatic rings. The van der Waals surface area contributed by atoms with E-state index in [1.807, 2.05) is 24.3 Å². The van der Waals surface area contributed by atoms with Gasteiger partial charge in [0.05, 0.1) is 0 Å². The number of rotatable bonds is 6. The summed E-state index contributed by atoms with van der Waals surface area (Å²) in [7, 11) is 0. The highest BCUT2D eigenvalue weighted by molar-refractivity contribution is 5.94. The van der Waals surface area contributed by atoms with Crippen LogP contribution in [0.3, 0.4) is 0 Å². The minimum Gasteiger partial charge on any atom is -0.372 e. The summed E-state index contributed by atoms with van der Waals surface area (Å²) in [6.07, 6.45) is 3.86. The zero-order valence-electron chi connectivity index (χ0n) is 16.2. The molecule has 28 heavy (non-hydrogen) atoms. The fraction of sp³-hybridized carbons (Fsp3) is 0.364. The molecule has 0 saturated carbocycles. The number of nitrogens with zero attached hydrogens (tertiary/aromatic N) is 2. The van der Waals surface area contributed by atoms with Gasteiger partial charge in [-0.15, -0.1) is 0 Å². The molecule has 1 saturated heterocycles. The number of hydrogen-bond acceptors (Lipinski definition) is 3. The van der Waals surface area contributed by atoms with Crippen LogP contribution in [-0.2, 0) is 9.59 Å². The lowest BCUT2D eigenvalue weighted by Crippen LogP contribution is -2.32. The molecular formula is C22H26FN3O2. The summed E-state index contributed by atoms with van der Waals surface area (Å²) in [5, 5.41) is 2.86. The summed E-state index contributed by atoms with van der Waals surface area (Å²) in [6, 6.07) is 13.7. The molecule has 1 N–H and O–H groups in total. The maximum absolute atomic E-state index is 13.4. The number of carbonyl (C=O) groups is 2. The molecule has 1 aliphatic heterocycles. The predicted octanol–water partition coefficient (Wildman–Crippen LogP) is 4.20. The van der Waals surface area contributed by atoms with Crippen molar-refractivity contribution in [2.24, 2.45) is 0 Å². The average Bonchev–Trinajstić information content (AvgIpc) is 2.69. The summed E-state index contributed by atoms with van der Waals surface area (Å²) < 4.78 is 13.4. The van der Waals surface area contributed by atoms with Crippen LogP contribution in [-0.4, -0.2) is 31.4 Å². The van der Waals surface area contributed by atoms with Gasteiger partial charge in [0, 0.05) is 50.0 Å². The smallest absolute Gasteiger partial charge is 0.226 e. The Labute approximate surface area is 165 Å². The quantitative estimate of drug-likeness (QED) is 0.813. The van der Waals surface area contributed by atoms with Gasteiger partial charge in [-0.2, -0.15) is 0 Å². The second-order valence-corrected chi connectivity index (χ2v) is 7.04. The Bertz CT molecular complexity index is 817. The van der Waals surface area contributed by atoms with Crippen LogP contribution in [0, 0.1) is 5.82 Å². The van der Waals surface area contributed by atoms with E-state index in [-0.39, 0.29) is 24.8 Å². The minimum absolute atomic E-state index is 0.129. The van der Waals surface area contributed by atoms with Crippen molar-refractivity contribution < 1.29 is 14.0 Å². The summed E-state index contributed by atoms with van der Waals surface area (Å²) in [4.78, 5) is 27.9. The average molecular weight is 383 g/mol. The standard InChI is InChI=1S/C22H26FN3O2/c1-17(27)26(21-7-5-6-18(23)16-21)15-12-22(28)24-19-8-10-20(11-9-19)25-13-3-2-4-14-25/h5-11,16H,2-4,12-15H2,1H3,(H,24,28). The first-order valence-electron chi connectivity index (χ1n) is 9.71. The van der Waals surface area contributed by atoms with Crippen molar-refractivity contribution in [1.29, 1.82) is 0 Å². The molecule has 2 amide bonds. The number of nitrogens with one attached hydrogen (secondary N) is 1. The monoisotopic (exact) mass is 383 g/mol. The van der Waals surface area contributed by atoms with E-state index in [2.05, 4.69) is 10.2 Å².